The lowest BCUT2D eigenvalue weighted by Gasteiger charge is -2.06. The highest BCUT2D eigenvalue weighted by Crippen LogP contribution is 2.16. The van der Waals surface area contributed by atoms with Crippen LogP contribution in [0.1, 0.15) is 15.9 Å². The molecule has 4 nitrogen and oxygen atoms in total. The summed E-state index contributed by atoms with van der Waals surface area (Å²) in [6, 6.07) is 5.97. The third-order valence-electron chi connectivity index (χ3n) is 2.31. The number of hydrogen-bond acceptors (Lipinski definition) is 3. The smallest absolute Gasteiger partial charge is 0.257 e. The molecular weight excluding hydrogens is 252 g/mol. The molecule has 0 atom stereocenters. The summed E-state index contributed by atoms with van der Waals surface area (Å²) in [6.45, 7) is 0. The quantitative estimate of drug-likeness (QED) is 0.901. The minimum absolute atomic E-state index is 0.114. The van der Waals surface area contributed by atoms with Gasteiger partial charge in [-0.1, -0.05) is 0 Å². The maximum atomic E-state index is 13.3. The first-order valence-electron chi connectivity index (χ1n) is 5.21. The number of hydrogen-bond donors (Lipinski definition) is 1. The molecule has 1 aromatic heterocycles. The maximum Gasteiger partial charge on any atom is 0.257 e. The standard InChI is InChI=1S/C13H7F2N3O/c14-10-1-2-12(11(15)4-10)18-13(19)9-3-8(5-16)6-17-7-9/h1-4,6-7H,(H,18,19). The second-order valence-corrected chi connectivity index (χ2v) is 3.65. The van der Waals surface area contributed by atoms with Crippen molar-refractivity contribution in [2.45, 2.75) is 0 Å². The van der Waals surface area contributed by atoms with Crippen LogP contribution in [0.5, 0.6) is 0 Å². The van der Waals surface area contributed by atoms with Gasteiger partial charge in [-0.2, -0.15) is 5.26 Å². The Morgan fingerprint density at radius 3 is 2.74 bits per heavy atom. The number of carbonyl (C=O) groups excluding carboxylic acids is 1. The van der Waals surface area contributed by atoms with Crippen molar-refractivity contribution in [1.29, 1.82) is 5.26 Å². The highest BCUT2D eigenvalue weighted by atomic mass is 19.1. The van der Waals surface area contributed by atoms with E-state index in [1.807, 2.05) is 6.07 Å². The van der Waals surface area contributed by atoms with Crippen molar-refractivity contribution >= 4 is 11.6 Å². The van der Waals surface area contributed by atoms with Crippen LogP contribution in [0.2, 0.25) is 0 Å². The van der Waals surface area contributed by atoms with Crippen molar-refractivity contribution in [2.75, 3.05) is 5.32 Å². The first-order valence-corrected chi connectivity index (χ1v) is 5.21. The Balaban J connectivity index is 2.23. The van der Waals surface area contributed by atoms with Crippen LogP contribution >= 0.6 is 0 Å². The highest BCUT2D eigenvalue weighted by Gasteiger charge is 2.11. The van der Waals surface area contributed by atoms with E-state index in [1.165, 1.54) is 18.5 Å². The van der Waals surface area contributed by atoms with Crippen LogP contribution in [0.3, 0.4) is 0 Å². The fourth-order valence-electron chi connectivity index (χ4n) is 1.41. The average Bonchev–Trinajstić information content (AvgIpc) is 2.42. The van der Waals surface area contributed by atoms with Crippen molar-refractivity contribution in [3.8, 4) is 6.07 Å². The van der Waals surface area contributed by atoms with E-state index in [-0.39, 0.29) is 16.8 Å². The number of benzene rings is 1. The Hall–Kier alpha value is -2.81. The van der Waals surface area contributed by atoms with Crippen LogP contribution < -0.4 is 5.32 Å². The van der Waals surface area contributed by atoms with Crippen molar-refractivity contribution in [1.82, 2.24) is 4.98 Å². The summed E-state index contributed by atoms with van der Waals surface area (Å²) in [5.74, 6) is -2.24. The van der Waals surface area contributed by atoms with Crippen LogP contribution in [0.15, 0.2) is 36.7 Å². The Labute approximate surface area is 107 Å². The van der Waals surface area contributed by atoms with E-state index in [9.17, 15) is 13.6 Å². The molecule has 0 radical (unpaired) electrons. The van der Waals surface area contributed by atoms with E-state index in [0.717, 1.165) is 12.1 Å². The van der Waals surface area contributed by atoms with Gasteiger partial charge >= 0.3 is 0 Å². The molecule has 1 N–H and O–H groups in total. The van der Waals surface area contributed by atoms with Crippen molar-refractivity contribution in [2.24, 2.45) is 0 Å². The molecule has 0 fully saturated rings. The molecule has 0 aliphatic rings. The number of carbonyl (C=O) groups is 1. The number of nitrogens with zero attached hydrogens (tertiary/aromatic N) is 2. The topological polar surface area (TPSA) is 65.8 Å². The van der Waals surface area contributed by atoms with Crippen molar-refractivity contribution in [3.63, 3.8) is 0 Å². The number of amides is 1. The van der Waals surface area contributed by atoms with Gasteiger partial charge in [0.2, 0.25) is 0 Å². The lowest BCUT2D eigenvalue weighted by Crippen LogP contribution is -2.13. The predicted octanol–water partition coefficient (Wildman–Crippen LogP) is 2.48. The number of pyridine rings is 1. The van der Waals surface area contributed by atoms with Gasteiger partial charge in [0.1, 0.15) is 17.7 Å². The molecule has 1 amide bonds. The number of anilines is 1. The SMILES string of the molecule is N#Cc1cncc(C(=O)Nc2ccc(F)cc2F)c1. The molecule has 0 saturated carbocycles. The molecule has 0 aliphatic heterocycles. The molecular formula is C13H7F2N3O. The van der Waals surface area contributed by atoms with Crippen LogP contribution in [-0.4, -0.2) is 10.9 Å². The Kier molecular flexibility index (Phi) is 3.48. The summed E-state index contributed by atoms with van der Waals surface area (Å²) in [6.07, 6.45) is 2.55. The summed E-state index contributed by atoms with van der Waals surface area (Å²) >= 11 is 0. The number of rotatable bonds is 2. The lowest BCUT2D eigenvalue weighted by molar-refractivity contribution is 0.102. The molecule has 94 valence electrons. The Morgan fingerprint density at radius 2 is 2.05 bits per heavy atom. The Morgan fingerprint density at radius 1 is 1.26 bits per heavy atom. The molecule has 1 heterocycles. The minimum atomic E-state index is -0.877. The van der Waals surface area contributed by atoms with Gasteiger partial charge in [0.25, 0.3) is 5.91 Å². The summed E-state index contributed by atoms with van der Waals surface area (Å²) in [5.41, 5.74) is 0.184. The van der Waals surface area contributed by atoms with Gasteiger partial charge in [0.15, 0.2) is 0 Å². The molecule has 0 aliphatic carbocycles. The molecule has 0 spiro atoms. The molecule has 6 heteroatoms. The fourth-order valence-corrected chi connectivity index (χ4v) is 1.41. The average molecular weight is 259 g/mol. The van der Waals surface area contributed by atoms with E-state index in [0.29, 0.717) is 6.07 Å². The molecule has 2 rings (SSSR count). The summed E-state index contributed by atoms with van der Waals surface area (Å²) < 4.78 is 26.1. The second kappa shape index (κ2) is 5.23. The predicted molar refractivity (Wildman–Crippen MR) is 63.3 cm³/mol. The van der Waals surface area contributed by atoms with Gasteiger partial charge in [-0.05, 0) is 18.2 Å². The summed E-state index contributed by atoms with van der Waals surface area (Å²) in [7, 11) is 0. The number of halogens is 2. The summed E-state index contributed by atoms with van der Waals surface area (Å²) in [4.78, 5) is 15.5. The van der Waals surface area contributed by atoms with E-state index in [2.05, 4.69) is 10.3 Å². The van der Waals surface area contributed by atoms with Crippen LogP contribution in [0.4, 0.5) is 14.5 Å². The lowest BCUT2D eigenvalue weighted by atomic mass is 10.2. The fraction of sp³-hybridized carbons (Fsp3) is 0. The van der Waals surface area contributed by atoms with Crippen LogP contribution in [0, 0.1) is 23.0 Å². The maximum absolute atomic E-state index is 13.3. The van der Waals surface area contributed by atoms with E-state index in [1.54, 1.807) is 0 Å². The van der Waals surface area contributed by atoms with Crippen molar-refractivity contribution in [3.05, 3.63) is 59.4 Å². The number of nitriles is 1. The highest BCUT2D eigenvalue weighted by molar-refractivity contribution is 6.04. The molecule has 0 bridgehead atoms. The van der Waals surface area contributed by atoms with E-state index in [4.69, 9.17) is 5.26 Å². The number of aromatic nitrogens is 1. The zero-order valence-electron chi connectivity index (χ0n) is 9.52. The largest absolute Gasteiger partial charge is 0.319 e. The molecule has 19 heavy (non-hydrogen) atoms. The second-order valence-electron chi connectivity index (χ2n) is 3.65. The monoisotopic (exact) mass is 259 g/mol. The van der Waals surface area contributed by atoms with Gasteiger partial charge in [-0.25, -0.2) is 8.78 Å². The van der Waals surface area contributed by atoms with Crippen LogP contribution in [-0.2, 0) is 0 Å². The van der Waals surface area contributed by atoms with Crippen molar-refractivity contribution < 1.29 is 13.6 Å². The van der Waals surface area contributed by atoms with Gasteiger partial charge in [-0.3, -0.25) is 9.78 Å². The van der Waals surface area contributed by atoms with Gasteiger partial charge in [-0.15, -0.1) is 0 Å². The van der Waals surface area contributed by atoms with Gasteiger partial charge in [0.05, 0.1) is 16.8 Å². The third-order valence-corrected chi connectivity index (χ3v) is 2.31. The summed E-state index contributed by atoms with van der Waals surface area (Å²) in [5, 5.41) is 11.0. The number of nitrogens with one attached hydrogen (secondary N) is 1. The van der Waals surface area contributed by atoms with Crippen LogP contribution in [0.25, 0.3) is 0 Å². The first-order chi connectivity index (χ1) is 9.10. The zero-order chi connectivity index (χ0) is 13.8. The normalized spacial score (nSPS) is 9.74. The van der Waals surface area contributed by atoms with Gasteiger partial charge in [0, 0.05) is 18.5 Å². The zero-order valence-corrected chi connectivity index (χ0v) is 9.52. The van der Waals surface area contributed by atoms with E-state index >= 15 is 0 Å². The Bertz CT molecular complexity index is 680. The van der Waals surface area contributed by atoms with E-state index < -0.39 is 17.5 Å². The molecule has 1 aromatic carbocycles. The minimum Gasteiger partial charge on any atom is -0.319 e. The third kappa shape index (κ3) is 2.90. The molecule has 0 unspecified atom stereocenters. The van der Waals surface area contributed by atoms with Gasteiger partial charge < -0.3 is 5.32 Å². The first kappa shape index (κ1) is 12.6. The molecule has 2 aromatic rings. The molecule has 0 saturated heterocycles.